The summed E-state index contributed by atoms with van der Waals surface area (Å²) in [5.41, 5.74) is 0.644. The van der Waals surface area contributed by atoms with Gasteiger partial charge in [0.25, 0.3) is 5.91 Å². The quantitative estimate of drug-likeness (QED) is 0.821. The van der Waals surface area contributed by atoms with Gasteiger partial charge in [-0.15, -0.1) is 10.2 Å². The lowest BCUT2D eigenvalue weighted by molar-refractivity contribution is -0.148. The molecule has 136 valence electrons. The Morgan fingerprint density at radius 3 is 3.08 bits per heavy atom. The predicted octanol–water partition coefficient (Wildman–Crippen LogP) is 0.750. The number of nitrogens with zero attached hydrogens (tertiary/aromatic N) is 3. The van der Waals surface area contributed by atoms with Gasteiger partial charge in [0, 0.05) is 18.0 Å². The van der Waals surface area contributed by atoms with Crippen LogP contribution in [0.2, 0.25) is 5.02 Å². The zero-order valence-corrected chi connectivity index (χ0v) is 14.7. The molecule has 2 amide bonds. The van der Waals surface area contributed by atoms with E-state index in [4.69, 9.17) is 16.3 Å². The van der Waals surface area contributed by atoms with Gasteiger partial charge in [0.05, 0.1) is 12.6 Å². The van der Waals surface area contributed by atoms with Crippen molar-refractivity contribution in [1.82, 2.24) is 25.4 Å². The Hall–Kier alpha value is -2.45. The molecule has 0 aliphatic carbocycles. The van der Waals surface area contributed by atoms with Crippen LogP contribution in [0.15, 0.2) is 24.3 Å². The van der Waals surface area contributed by atoms with Crippen molar-refractivity contribution in [2.75, 3.05) is 6.61 Å². The number of morpholine rings is 1. The Kier molecular flexibility index (Phi) is 4.60. The third-order valence-electron chi connectivity index (χ3n) is 4.62. The van der Waals surface area contributed by atoms with Gasteiger partial charge in [-0.3, -0.25) is 9.59 Å². The molecule has 2 aliphatic rings. The maximum Gasteiger partial charge on any atom is 0.252 e. The molecule has 3 heterocycles. The number of carbonyl (C=O) groups excluding carboxylic acids is 2. The monoisotopic (exact) mass is 375 g/mol. The Labute approximate surface area is 154 Å². The van der Waals surface area contributed by atoms with Crippen molar-refractivity contribution in [3.05, 3.63) is 46.5 Å². The Morgan fingerprint density at radius 1 is 1.38 bits per heavy atom. The molecule has 2 aromatic rings. The Bertz CT molecular complexity index is 853. The minimum atomic E-state index is -0.867. The number of carbonyl (C=O) groups is 2. The van der Waals surface area contributed by atoms with Crippen LogP contribution in [0.3, 0.4) is 0 Å². The topological polar surface area (TPSA) is 98.1 Å². The number of rotatable bonds is 4. The van der Waals surface area contributed by atoms with E-state index in [1.165, 1.54) is 0 Å². The number of fused-ring (bicyclic) bond motifs is 1. The van der Waals surface area contributed by atoms with Crippen LogP contribution in [0.25, 0.3) is 0 Å². The molecule has 0 unspecified atom stereocenters. The number of hydrogen-bond acceptors (Lipinski definition) is 5. The molecule has 2 atom stereocenters. The van der Waals surface area contributed by atoms with E-state index in [0.717, 1.165) is 31.0 Å². The Morgan fingerprint density at radius 2 is 2.23 bits per heavy atom. The zero-order chi connectivity index (χ0) is 18.1. The second-order valence-electron chi connectivity index (χ2n) is 6.30. The summed E-state index contributed by atoms with van der Waals surface area (Å²) in [6.07, 6.45) is 1.08. The molecule has 4 rings (SSSR count). The molecule has 0 bridgehead atoms. The van der Waals surface area contributed by atoms with Crippen LogP contribution in [0.4, 0.5) is 0 Å². The largest absolute Gasteiger partial charge is 0.356 e. The number of amides is 2. The number of hydrogen-bond donors (Lipinski definition) is 2. The van der Waals surface area contributed by atoms with Gasteiger partial charge in [0.2, 0.25) is 5.91 Å². The molecular formula is C17H18ClN5O3. The fourth-order valence-electron chi connectivity index (χ4n) is 3.36. The number of benzene rings is 1. The predicted molar refractivity (Wildman–Crippen MR) is 92.3 cm³/mol. The minimum Gasteiger partial charge on any atom is -0.356 e. The molecule has 8 nitrogen and oxygen atoms in total. The molecule has 2 N–H and O–H groups in total. The lowest BCUT2D eigenvalue weighted by Crippen LogP contribution is -2.52. The van der Waals surface area contributed by atoms with Gasteiger partial charge in [0.1, 0.15) is 12.4 Å². The lowest BCUT2D eigenvalue weighted by Gasteiger charge is -2.32. The number of aromatic nitrogens is 3. The van der Waals surface area contributed by atoms with E-state index in [-0.39, 0.29) is 25.0 Å². The fraction of sp³-hybridized carbons (Fsp3) is 0.412. The molecule has 0 radical (unpaired) electrons. The van der Waals surface area contributed by atoms with Gasteiger partial charge in [0.15, 0.2) is 11.9 Å². The summed E-state index contributed by atoms with van der Waals surface area (Å²) < 4.78 is 7.53. The summed E-state index contributed by atoms with van der Waals surface area (Å²) >= 11 is 6.24. The number of halogens is 1. The first-order valence-electron chi connectivity index (χ1n) is 8.47. The van der Waals surface area contributed by atoms with Crippen LogP contribution in [0.1, 0.15) is 29.7 Å². The molecule has 1 fully saturated rings. The van der Waals surface area contributed by atoms with Crippen LogP contribution >= 0.6 is 11.6 Å². The average Bonchev–Trinajstić information content (AvgIpc) is 3.24. The summed E-state index contributed by atoms with van der Waals surface area (Å²) in [6, 6.07) is 6.43. The average molecular weight is 376 g/mol. The fourth-order valence-corrected chi connectivity index (χ4v) is 3.61. The van der Waals surface area contributed by atoms with Gasteiger partial charge in [-0.05, 0) is 18.1 Å². The number of ether oxygens (including phenoxy) is 1. The molecule has 1 aromatic carbocycles. The van der Waals surface area contributed by atoms with Gasteiger partial charge in [-0.1, -0.05) is 29.8 Å². The van der Waals surface area contributed by atoms with Gasteiger partial charge >= 0.3 is 0 Å². The van der Waals surface area contributed by atoms with E-state index in [9.17, 15) is 9.59 Å². The molecule has 26 heavy (non-hydrogen) atoms. The lowest BCUT2D eigenvalue weighted by atomic mass is 9.99. The van der Waals surface area contributed by atoms with Crippen LogP contribution in [0.5, 0.6) is 0 Å². The third-order valence-corrected chi connectivity index (χ3v) is 4.96. The molecule has 0 saturated carbocycles. The summed E-state index contributed by atoms with van der Waals surface area (Å²) in [5.74, 6) is 1.06. The van der Waals surface area contributed by atoms with Crippen molar-refractivity contribution in [3.63, 3.8) is 0 Å². The highest BCUT2D eigenvalue weighted by molar-refractivity contribution is 6.31. The SMILES string of the molecule is O=C1CO[C@H](C(=O)NCc2nnc3n2CCC3)[C@@H](c2ccccc2Cl)N1. The molecule has 1 saturated heterocycles. The second-order valence-corrected chi connectivity index (χ2v) is 6.71. The standard InChI is InChI=1S/C17H18ClN5O3/c18-11-5-2-1-4-10(11)15-16(26-9-14(24)20-15)17(25)19-8-13-22-21-12-6-3-7-23(12)13/h1-2,4-5,15-16H,3,6-9H2,(H,19,25)(H,20,24)/t15-,16+/m1/s1. The van der Waals surface area contributed by atoms with Crippen molar-refractivity contribution >= 4 is 23.4 Å². The maximum atomic E-state index is 12.7. The van der Waals surface area contributed by atoms with Crippen LogP contribution in [0, 0.1) is 0 Å². The van der Waals surface area contributed by atoms with Crippen LogP contribution < -0.4 is 10.6 Å². The first-order valence-corrected chi connectivity index (χ1v) is 8.85. The molecule has 0 spiro atoms. The maximum absolute atomic E-state index is 12.7. The summed E-state index contributed by atoms with van der Waals surface area (Å²) in [6.45, 7) is 0.958. The van der Waals surface area contributed by atoms with E-state index in [1.54, 1.807) is 24.3 Å². The van der Waals surface area contributed by atoms with Crippen LogP contribution in [-0.2, 0) is 33.8 Å². The van der Waals surface area contributed by atoms with E-state index < -0.39 is 12.1 Å². The van der Waals surface area contributed by atoms with Crippen molar-refractivity contribution in [3.8, 4) is 0 Å². The van der Waals surface area contributed by atoms with Crippen LogP contribution in [-0.4, -0.2) is 39.3 Å². The normalized spacial score (nSPS) is 22.0. The van der Waals surface area contributed by atoms with E-state index in [2.05, 4.69) is 20.8 Å². The molecule has 1 aromatic heterocycles. The number of nitrogens with one attached hydrogen (secondary N) is 2. The highest BCUT2D eigenvalue weighted by Crippen LogP contribution is 2.28. The summed E-state index contributed by atoms with van der Waals surface area (Å²) in [5, 5.41) is 14.4. The molecule has 9 heteroatoms. The van der Waals surface area contributed by atoms with Crippen molar-refractivity contribution in [1.29, 1.82) is 0 Å². The van der Waals surface area contributed by atoms with Gasteiger partial charge in [-0.25, -0.2) is 0 Å². The first-order chi connectivity index (χ1) is 12.6. The van der Waals surface area contributed by atoms with E-state index in [0.29, 0.717) is 10.6 Å². The number of aryl methyl sites for hydroxylation is 1. The minimum absolute atomic E-state index is 0.167. The highest BCUT2D eigenvalue weighted by atomic mass is 35.5. The summed E-state index contributed by atoms with van der Waals surface area (Å²) in [7, 11) is 0. The van der Waals surface area contributed by atoms with E-state index >= 15 is 0 Å². The van der Waals surface area contributed by atoms with Crippen molar-refractivity contribution in [2.24, 2.45) is 0 Å². The van der Waals surface area contributed by atoms with E-state index in [1.807, 2.05) is 4.57 Å². The zero-order valence-electron chi connectivity index (χ0n) is 13.9. The smallest absolute Gasteiger partial charge is 0.252 e. The van der Waals surface area contributed by atoms with Gasteiger partial charge < -0.3 is 19.9 Å². The molecule has 2 aliphatic heterocycles. The third kappa shape index (κ3) is 3.17. The van der Waals surface area contributed by atoms with Crippen molar-refractivity contribution < 1.29 is 14.3 Å². The second kappa shape index (κ2) is 7.05. The Balaban J connectivity index is 1.49. The van der Waals surface area contributed by atoms with Gasteiger partial charge in [-0.2, -0.15) is 0 Å². The van der Waals surface area contributed by atoms with Crippen molar-refractivity contribution in [2.45, 2.75) is 38.1 Å². The molecular weight excluding hydrogens is 358 g/mol. The summed E-state index contributed by atoms with van der Waals surface area (Å²) in [4.78, 5) is 24.5. The highest BCUT2D eigenvalue weighted by Gasteiger charge is 2.37. The first kappa shape index (κ1) is 17.0.